The predicted molar refractivity (Wildman–Crippen MR) is 103 cm³/mol. The Bertz CT molecular complexity index is 1140. The smallest absolute Gasteiger partial charge is 0.309 e. The third kappa shape index (κ3) is 3.92. The number of piperidine rings is 1. The van der Waals surface area contributed by atoms with E-state index in [0.717, 1.165) is 15.7 Å². The Morgan fingerprint density at radius 3 is 2.53 bits per heavy atom. The highest BCUT2D eigenvalue weighted by Gasteiger charge is 2.49. The Hall–Kier alpha value is -3.22. The second kappa shape index (κ2) is 7.55. The molecule has 2 aromatic carbocycles. The lowest BCUT2D eigenvalue weighted by atomic mass is 10.0. The Labute approximate surface area is 171 Å². The van der Waals surface area contributed by atoms with Crippen molar-refractivity contribution in [3.8, 4) is 0 Å². The number of hydrogen-bond acceptors (Lipinski definition) is 6. The molecule has 2 atom stereocenters. The van der Waals surface area contributed by atoms with E-state index in [2.05, 4.69) is 15.1 Å². The molecular formula is C18H18N4O7S. The maximum absolute atomic E-state index is 12.5. The number of urea groups is 1. The van der Waals surface area contributed by atoms with Gasteiger partial charge in [-0.1, -0.05) is 30.3 Å². The number of nitrogens with zero attached hydrogens (tertiary/aromatic N) is 2. The molecule has 1 unspecified atom stereocenters. The van der Waals surface area contributed by atoms with Gasteiger partial charge in [0.25, 0.3) is 11.8 Å². The van der Waals surface area contributed by atoms with Gasteiger partial charge in [0.2, 0.25) is 0 Å². The molecule has 2 fully saturated rings. The average Bonchev–Trinajstić information content (AvgIpc) is 2.95. The first kappa shape index (κ1) is 20.1. The fraction of sp³-hybridized carbons (Fsp3) is 0.278. The van der Waals surface area contributed by atoms with Crippen LogP contribution in [0.5, 0.6) is 0 Å². The lowest BCUT2D eigenvalue weighted by Crippen LogP contribution is -2.54. The summed E-state index contributed by atoms with van der Waals surface area (Å²) in [5, 5.41) is 2.39. The van der Waals surface area contributed by atoms with Gasteiger partial charge in [-0.05, 0) is 35.7 Å². The van der Waals surface area contributed by atoms with Crippen LogP contribution in [0.3, 0.4) is 0 Å². The van der Waals surface area contributed by atoms with E-state index in [9.17, 15) is 22.8 Å². The number of hydrogen-bond donors (Lipinski definition) is 3. The molecule has 0 radical (unpaired) electrons. The normalized spacial score (nSPS) is 21.0. The summed E-state index contributed by atoms with van der Waals surface area (Å²) in [5.74, 6) is -1.14. The van der Waals surface area contributed by atoms with E-state index in [-0.39, 0.29) is 19.4 Å². The number of rotatable bonds is 4. The first-order valence-electron chi connectivity index (χ1n) is 9.09. The molecule has 11 nitrogen and oxygen atoms in total. The predicted octanol–water partition coefficient (Wildman–Crippen LogP) is 0.604. The Morgan fingerprint density at radius 2 is 1.80 bits per heavy atom. The quantitative estimate of drug-likeness (QED) is 0.472. The van der Waals surface area contributed by atoms with Crippen LogP contribution >= 0.6 is 0 Å². The zero-order valence-electron chi connectivity index (χ0n) is 15.5. The van der Waals surface area contributed by atoms with E-state index in [4.69, 9.17) is 4.55 Å². The average molecular weight is 434 g/mol. The lowest BCUT2D eigenvalue weighted by molar-refractivity contribution is -0.126. The summed E-state index contributed by atoms with van der Waals surface area (Å²) in [5.41, 5.74) is 4.98. The zero-order valence-corrected chi connectivity index (χ0v) is 16.3. The fourth-order valence-electron chi connectivity index (χ4n) is 3.71. The van der Waals surface area contributed by atoms with Crippen molar-refractivity contribution in [2.75, 3.05) is 6.54 Å². The van der Waals surface area contributed by atoms with E-state index in [1.54, 1.807) is 18.2 Å². The molecule has 0 aliphatic carbocycles. The van der Waals surface area contributed by atoms with Gasteiger partial charge in [0.15, 0.2) is 0 Å². The van der Waals surface area contributed by atoms with Gasteiger partial charge in [0.1, 0.15) is 6.04 Å². The molecule has 3 N–H and O–H groups in total. The maximum Gasteiger partial charge on any atom is 0.418 e. The van der Waals surface area contributed by atoms with Crippen LogP contribution in [0.4, 0.5) is 4.79 Å². The monoisotopic (exact) mass is 434 g/mol. The van der Waals surface area contributed by atoms with E-state index >= 15 is 0 Å². The number of nitrogens with one attached hydrogen (secondary N) is 2. The second-order valence-corrected chi connectivity index (χ2v) is 8.02. The van der Waals surface area contributed by atoms with Crippen LogP contribution in [-0.4, -0.2) is 59.4 Å². The third-order valence-corrected chi connectivity index (χ3v) is 5.46. The number of hydroxylamine groups is 2. The van der Waals surface area contributed by atoms with Gasteiger partial charge in [-0.3, -0.25) is 25.0 Å². The standard InChI is InChI=1S/C18H18N4O7S/c23-16(13-6-5-11-3-1-2-4-12(11)9-13)19-20-17(24)15-8-7-14-10-21(15)18(25)22(14)29-30(26,27)28/h1-6,9,14-15H,7-8,10H2,(H,19,23)(H,20,24)(H,26,27,28)/t14?,15-/m0/s1. The minimum Gasteiger partial charge on any atom is -0.309 e. The van der Waals surface area contributed by atoms with Crippen LogP contribution in [0.2, 0.25) is 0 Å². The summed E-state index contributed by atoms with van der Waals surface area (Å²) in [6.07, 6.45) is 0.522. The van der Waals surface area contributed by atoms with Crippen LogP contribution in [0, 0.1) is 0 Å². The van der Waals surface area contributed by atoms with E-state index < -0.39 is 40.3 Å². The molecule has 158 valence electrons. The SMILES string of the molecule is O=C(NNC(=O)[C@@H]1CCC2CN1C(=O)N2OS(=O)(=O)O)c1ccc2ccccc2c1. The fourth-order valence-corrected chi connectivity index (χ4v) is 4.10. The van der Waals surface area contributed by atoms with E-state index in [0.29, 0.717) is 10.6 Å². The topological polar surface area (TPSA) is 145 Å². The number of fused-ring (bicyclic) bond motifs is 3. The largest absolute Gasteiger partial charge is 0.418 e. The summed E-state index contributed by atoms with van der Waals surface area (Å²) in [4.78, 5) is 38.4. The summed E-state index contributed by atoms with van der Waals surface area (Å²) < 4.78 is 35.0. The molecule has 0 saturated carbocycles. The van der Waals surface area contributed by atoms with Crippen molar-refractivity contribution < 1.29 is 31.6 Å². The first-order valence-corrected chi connectivity index (χ1v) is 10.5. The molecule has 2 aromatic rings. The van der Waals surface area contributed by atoms with Crippen LogP contribution in [0.15, 0.2) is 42.5 Å². The summed E-state index contributed by atoms with van der Waals surface area (Å²) >= 11 is 0. The van der Waals surface area contributed by atoms with Crippen molar-refractivity contribution in [2.45, 2.75) is 24.9 Å². The van der Waals surface area contributed by atoms with Gasteiger partial charge in [-0.25, -0.2) is 4.79 Å². The number of hydrazine groups is 1. The van der Waals surface area contributed by atoms with Crippen LogP contribution in [0.25, 0.3) is 10.8 Å². The van der Waals surface area contributed by atoms with Gasteiger partial charge in [-0.15, -0.1) is 4.28 Å². The highest BCUT2D eigenvalue weighted by atomic mass is 32.3. The van der Waals surface area contributed by atoms with E-state index in [1.165, 1.54) is 0 Å². The van der Waals surface area contributed by atoms with Crippen LogP contribution < -0.4 is 10.9 Å². The van der Waals surface area contributed by atoms with Crippen LogP contribution in [0.1, 0.15) is 23.2 Å². The summed E-state index contributed by atoms with van der Waals surface area (Å²) in [6, 6.07) is 10.3. The zero-order chi connectivity index (χ0) is 21.5. The van der Waals surface area contributed by atoms with Crippen LogP contribution in [-0.2, 0) is 19.5 Å². The molecule has 4 rings (SSSR count). The number of benzene rings is 2. The molecule has 4 amide bonds. The van der Waals surface area contributed by atoms with Crippen molar-refractivity contribution in [1.29, 1.82) is 0 Å². The molecule has 12 heteroatoms. The number of carbonyl (C=O) groups is 3. The van der Waals surface area contributed by atoms with Crippen molar-refractivity contribution in [3.05, 3.63) is 48.0 Å². The molecular weight excluding hydrogens is 416 g/mol. The maximum atomic E-state index is 12.5. The van der Waals surface area contributed by atoms with Crippen molar-refractivity contribution in [2.24, 2.45) is 0 Å². The second-order valence-electron chi connectivity index (χ2n) is 7.02. The van der Waals surface area contributed by atoms with E-state index in [1.807, 2.05) is 24.3 Å². The van der Waals surface area contributed by atoms with Gasteiger partial charge >= 0.3 is 16.4 Å². The number of carbonyl (C=O) groups excluding carboxylic acids is 3. The van der Waals surface area contributed by atoms with Crippen molar-refractivity contribution >= 4 is 39.0 Å². The summed E-state index contributed by atoms with van der Waals surface area (Å²) in [7, 11) is -4.86. The van der Waals surface area contributed by atoms with Gasteiger partial charge in [0, 0.05) is 12.1 Å². The number of amides is 4. The van der Waals surface area contributed by atoms with Gasteiger partial charge in [-0.2, -0.15) is 13.5 Å². The van der Waals surface area contributed by atoms with Gasteiger partial charge in [0.05, 0.1) is 6.04 Å². The first-order chi connectivity index (χ1) is 14.2. The molecule has 0 spiro atoms. The Balaban J connectivity index is 1.39. The Kier molecular flexibility index (Phi) is 5.05. The molecule has 0 aromatic heterocycles. The molecule has 2 saturated heterocycles. The third-order valence-electron chi connectivity index (χ3n) is 5.11. The minimum absolute atomic E-state index is 0.0606. The molecule has 2 heterocycles. The highest BCUT2D eigenvalue weighted by Crippen LogP contribution is 2.30. The molecule has 2 bridgehead atoms. The Morgan fingerprint density at radius 1 is 1.07 bits per heavy atom. The minimum atomic E-state index is -4.86. The molecule has 30 heavy (non-hydrogen) atoms. The molecule has 2 aliphatic heterocycles. The molecule has 2 aliphatic rings. The van der Waals surface area contributed by atoms with Crippen molar-refractivity contribution in [3.63, 3.8) is 0 Å². The van der Waals surface area contributed by atoms with Crippen molar-refractivity contribution in [1.82, 2.24) is 20.8 Å². The summed E-state index contributed by atoms with van der Waals surface area (Å²) in [6.45, 7) is 0.0606. The highest BCUT2D eigenvalue weighted by molar-refractivity contribution is 7.80. The van der Waals surface area contributed by atoms with Gasteiger partial charge < -0.3 is 4.90 Å². The lowest BCUT2D eigenvalue weighted by Gasteiger charge is -2.29.